The second kappa shape index (κ2) is 11.9. The predicted octanol–water partition coefficient (Wildman–Crippen LogP) is 4.76. The molecule has 0 aromatic carbocycles. The van der Waals surface area contributed by atoms with Gasteiger partial charge in [-0.15, -0.1) is 0 Å². The van der Waals surface area contributed by atoms with Crippen molar-refractivity contribution in [1.29, 1.82) is 0 Å². The van der Waals surface area contributed by atoms with Crippen molar-refractivity contribution in [1.82, 2.24) is 0 Å². The molecule has 0 spiro atoms. The highest BCUT2D eigenvalue weighted by Crippen LogP contribution is 2.16. The van der Waals surface area contributed by atoms with Gasteiger partial charge < -0.3 is 18.9 Å². The van der Waals surface area contributed by atoms with Gasteiger partial charge in [-0.3, -0.25) is 0 Å². The van der Waals surface area contributed by atoms with Gasteiger partial charge in [-0.25, -0.2) is 0 Å². The molecule has 0 rings (SSSR count). The maximum atomic E-state index is 5.58. The molecule has 4 nitrogen and oxygen atoms in total. The standard InChI is InChI=1S/C18H38O4Si2/c1-17(15-23(3,4)5)21-13-11-19-9-10-20-12-14-22-18(2)16-24(6,7)8/h1-2,9-16H2,3-8H3. The Hall–Kier alpha value is -0.566. The first kappa shape index (κ1) is 23.4. The van der Waals surface area contributed by atoms with Crippen LogP contribution in [0.25, 0.3) is 0 Å². The summed E-state index contributed by atoms with van der Waals surface area (Å²) in [5, 5.41) is 0. The Balaban J connectivity index is 3.37. The Morgan fingerprint density at radius 1 is 0.583 bits per heavy atom. The zero-order valence-electron chi connectivity index (χ0n) is 16.7. The van der Waals surface area contributed by atoms with Crippen LogP contribution >= 0.6 is 0 Å². The van der Waals surface area contributed by atoms with Gasteiger partial charge in [0.2, 0.25) is 0 Å². The topological polar surface area (TPSA) is 36.9 Å². The van der Waals surface area contributed by atoms with E-state index in [1.165, 1.54) is 0 Å². The number of rotatable bonds is 15. The van der Waals surface area contributed by atoms with E-state index in [0.29, 0.717) is 39.6 Å². The van der Waals surface area contributed by atoms with E-state index < -0.39 is 16.1 Å². The molecular weight excluding hydrogens is 336 g/mol. The highest BCUT2D eigenvalue weighted by atomic mass is 28.3. The van der Waals surface area contributed by atoms with Crippen LogP contribution in [0.15, 0.2) is 24.7 Å². The van der Waals surface area contributed by atoms with E-state index in [1.807, 2.05) is 0 Å². The third-order valence-electron chi connectivity index (χ3n) is 2.89. The van der Waals surface area contributed by atoms with Crippen molar-refractivity contribution in [3.63, 3.8) is 0 Å². The van der Waals surface area contributed by atoms with Gasteiger partial charge in [-0.05, 0) is 12.1 Å². The summed E-state index contributed by atoms with van der Waals surface area (Å²) < 4.78 is 22.1. The molecule has 0 aromatic heterocycles. The Bertz CT molecular complexity index is 334. The molecule has 0 N–H and O–H groups in total. The van der Waals surface area contributed by atoms with Crippen LogP contribution in [0.5, 0.6) is 0 Å². The molecule has 0 aromatic rings. The fourth-order valence-electron chi connectivity index (χ4n) is 2.10. The summed E-state index contributed by atoms with van der Waals surface area (Å²) in [6.07, 6.45) is 0. The van der Waals surface area contributed by atoms with E-state index in [-0.39, 0.29) is 0 Å². The molecule has 0 aliphatic heterocycles. The van der Waals surface area contributed by atoms with Crippen LogP contribution in [-0.2, 0) is 18.9 Å². The lowest BCUT2D eigenvalue weighted by Crippen LogP contribution is -2.21. The largest absolute Gasteiger partial charge is 0.496 e. The monoisotopic (exact) mass is 374 g/mol. The van der Waals surface area contributed by atoms with Gasteiger partial charge in [0.05, 0.1) is 54.1 Å². The average Bonchev–Trinajstić information content (AvgIpc) is 2.36. The molecule has 0 aliphatic carbocycles. The van der Waals surface area contributed by atoms with Crippen molar-refractivity contribution >= 4 is 16.1 Å². The minimum absolute atomic E-state index is 0.558. The number of ether oxygens (including phenoxy) is 4. The second-order valence-corrected chi connectivity index (χ2v) is 19.4. The van der Waals surface area contributed by atoms with Gasteiger partial charge in [0.1, 0.15) is 13.2 Å². The number of hydrogen-bond donors (Lipinski definition) is 0. The van der Waals surface area contributed by atoms with Crippen molar-refractivity contribution in [3.05, 3.63) is 24.7 Å². The summed E-state index contributed by atoms with van der Waals surface area (Å²) in [4.78, 5) is 0. The van der Waals surface area contributed by atoms with Gasteiger partial charge in [0.15, 0.2) is 0 Å². The van der Waals surface area contributed by atoms with Gasteiger partial charge >= 0.3 is 0 Å². The highest BCUT2D eigenvalue weighted by molar-refractivity contribution is 6.76. The fraction of sp³-hybridized carbons (Fsp3) is 0.778. The van der Waals surface area contributed by atoms with E-state index in [2.05, 4.69) is 52.4 Å². The van der Waals surface area contributed by atoms with E-state index in [0.717, 1.165) is 23.6 Å². The molecule has 0 bridgehead atoms. The van der Waals surface area contributed by atoms with Crippen molar-refractivity contribution < 1.29 is 18.9 Å². The van der Waals surface area contributed by atoms with E-state index in [1.54, 1.807) is 0 Å². The van der Waals surface area contributed by atoms with E-state index in [9.17, 15) is 0 Å². The van der Waals surface area contributed by atoms with Gasteiger partial charge in [0.25, 0.3) is 0 Å². The predicted molar refractivity (Wildman–Crippen MR) is 108 cm³/mol. The normalized spacial score (nSPS) is 12.1. The maximum absolute atomic E-state index is 5.58. The molecule has 24 heavy (non-hydrogen) atoms. The molecule has 0 saturated carbocycles. The van der Waals surface area contributed by atoms with E-state index in [4.69, 9.17) is 18.9 Å². The number of allylic oxidation sites excluding steroid dienone is 2. The van der Waals surface area contributed by atoms with Crippen LogP contribution in [0.4, 0.5) is 0 Å². The summed E-state index contributed by atoms with van der Waals surface area (Å²) in [6.45, 7) is 25.1. The van der Waals surface area contributed by atoms with E-state index >= 15 is 0 Å². The SMILES string of the molecule is C=C(C[Si](C)(C)C)OCCOCCOCCOC(=C)C[Si](C)(C)C. The Labute approximate surface area is 151 Å². The molecule has 0 saturated heterocycles. The Morgan fingerprint density at radius 3 is 1.17 bits per heavy atom. The first-order valence-electron chi connectivity index (χ1n) is 8.76. The molecule has 142 valence electrons. The van der Waals surface area contributed by atoms with Gasteiger partial charge in [0, 0.05) is 0 Å². The van der Waals surface area contributed by atoms with Crippen LogP contribution in [0.1, 0.15) is 0 Å². The average molecular weight is 375 g/mol. The molecule has 0 fully saturated rings. The zero-order chi connectivity index (χ0) is 18.6. The third-order valence-corrected chi connectivity index (χ3v) is 5.80. The summed E-state index contributed by atoms with van der Waals surface area (Å²) in [5.41, 5.74) is 0. The molecule has 0 amide bonds. The molecule has 0 heterocycles. The summed E-state index contributed by atoms with van der Waals surface area (Å²) in [6, 6.07) is 2.00. The molecule has 0 atom stereocenters. The van der Waals surface area contributed by atoms with Crippen LogP contribution in [-0.4, -0.2) is 55.8 Å². The Kier molecular flexibility index (Phi) is 11.6. The summed E-state index contributed by atoms with van der Waals surface area (Å²) >= 11 is 0. The minimum atomic E-state index is -1.14. The molecule has 0 aliphatic rings. The first-order chi connectivity index (χ1) is 11.0. The van der Waals surface area contributed by atoms with Gasteiger partial charge in [-0.2, -0.15) is 0 Å². The zero-order valence-corrected chi connectivity index (χ0v) is 18.7. The summed E-state index contributed by atoms with van der Waals surface area (Å²) in [5.74, 6) is 1.76. The lowest BCUT2D eigenvalue weighted by molar-refractivity contribution is 0.0140. The first-order valence-corrected chi connectivity index (χ1v) is 16.2. The van der Waals surface area contributed by atoms with Crippen molar-refractivity contribution in [2.45, 2.75) is 51.4 Å². The maximum Gasteiger partial charge on any atom is 0.111 e. The van der Waals surface area contributed by atoms with Crippen molar-refractivity contribution in [2.75, 3.05) is 39.6 Å². The van der Waals surface area contributed by atoms with Crippen LogP contribution < -0.4 is 0 Å². The molecule has 6 heteroatoms. The fourth-order valence-corrected chi connectivity index (χ4v) is 4.67. The van der Waals surface area contributed by atoms with Crippen LogP contribution in [0.2, 0.25) is 51.4 Å². The highest BCUT2D eigenvalue weighted by Gasteiger charge is 2.15. The lowest BCUT2D eigenvalue weighted by Gasteiger charge is -2.18. The molecule has 0 radical (unpaired) electrons. The smallest absolute Gasteiger partial charge is 0.111 e. The minimum Gasteiger partial charge on any atom is -0.496 e. The van der Waals surface area contributed by atoms with Crippen LogP contribution in [0.3, 0.4) is 0 Å². The Morgan fingerprint density at radius 2 is 0.875 bits per heavy atom. The summed E-state index contributed by atoms with van der Waals surface area (Å²) in [7, 11) is -2.27. The van der Waals surface area contributed by atoms with Crippen molar-refractivity contribution in [2.24, 2.45) is 0 Å². The molecular formula is C18H38O4Si2. The second-order valence-electron chi connectivity index (χ2n) is 8.47. The van der Waals surface area contributed by atoms with Crippen LogP contribution in [0, 0.1) is 0 Å². The van der Waals surface area contributed by atoms with Crippen molar-refractivity contribution in [3.8, 4) is 0 Å². The third kappa shape index (κ3) is 17.8. The van der Waals surface area contributed by atoms with Gasteiger partial charge in [-0.1, -0.05) is 52.4 Å². The quantitative estimate of drug-likeness (QED) is 0.235. The molecule has 0 unspecified atom stereocenters. The number of hydrogen-bond acceptors (Lipinski definition) is 4. The lowest BCUT2D eigenvalue weighted by atomic mass is 10.6.